The quantitative estimate of drug-likeness (QED) is 0.344. The Bertz CT molecular complexity index is 150. The second-order valence-corrected chi connectivity index (χ2v) is 3.62. The Balaban J connectivity index is 3.06. The van der Waals surface area contributed by atoms with Gasteiger partial charge in [0, 0.05) is 12.8 Å². The minimum Gasteiger partial charge on any atom is -0.165 e. The molecule has 0 unspecified atom stereocenters. The fraction of sp³-hybridized carbons (Fsp3) is 0.636. The van der Waals surface area contributed by atoms with Crippen LogP contribution in [0, 0.1) is 11.8 Å². The molecule has 0 fully saturated rings. The molecule has 0 saturated heterocycles. The largest absolute Gasteiger partial charge is 0.165 e. The summed E-state index contributed by atoms with van der Waals surface area (Å²) in [5, 5.41) is 0. The van der Waals surface area contributed by atoms with Crippen molar-refractivity contribution in [2.24, 2.45) is 0 Å². The van der Waals surface area contributed by atoms with E-state index in [0.29, 0.717) is 0 Å². The lowest BCUT2D eigenvalue weighted by Crippen LogP contribution is -1.75. The molecule has 0 aromatic rings. The SMILES string of the molecule is C=CCCCC#CCCCSC. The van der Waals surface area contributed by atoms with Gasteiger partial charge in [-0.1, -0.05) is 6.08 Å². The van der Waals surface area contributed by atoms with E-state index in [-0.39, 0.29) is 0 Å². The van der Waals surface area contributed by atoms with Crippen molar-refractivity contribution in [3.8, 4) is 11.8 Å². The van der Waals surface area contributed by atoms with Crippen LogP contribution in [0.5, 0.6) is 0 Å². The van der Waals surface area contributed by atoms with Crippen LogP contribution in [-0.2, 0) is 0 Å². The average Bonchev–Trinajstić information content (AvgIpc) is 2.10. The van der Waals surface area contributed by atoms with Crippen LogP contribution in [0.4, 0.5) is 0 Å². The third kappa shape index (κ3) is 9.65. The third-order valence-corrected chi connectivity index (χ3v) is 2.18. The van der Waals surface area contributed by atoms with Gasteiger partial charge in [0.05, 0.1) is 0 Å². The minimum absolute atomic E-state index is 1.03. The molecule has 0 aliphatic carbocycles. The maximum absolute atomic E-state index is 3.67. The van der Waals surface area contributed by atoms with Crippen molar-refractivity contribution in [1.82, 2.24) is 0 Å². The molecule has 0 radical (unpaired) electrons. The van der Waals surface area contributed by atoms with Gasteiger partial charge in [-0.25, -0.2) is 0 Å². The zero-order valence-electron chi connectivity index (χ0n) is 7.94. The van der Waals surface area contributed by atoms with Crippen molar-refractivity contribution >= 4 is 11.8 Å². The number of allylic oxidation sites excluding steroid dienone is 1. The van der Waals surface area contributed by atoms with Gasteiger partial charge in [0.2, 0.25) is 0 Å². The molecular weight excluding hydrogens is 164 g/mol. The summed E-state index contributed by atoms with van der Waals surface area (Å²) in [5.41, 5.74) is 0. The molecule has 0 bridgehead atoms. The summed E-state index contributed by atoms with van der Waals surface area (Å²) in [6.45, 7) is 3.67. The Kier molecular flexibility index (Phi) is 10.3. The van der Waals surface area contributed by atoms with E-state index >= 15 is 0 Å². The zero-order chi connectivity index (χ0) is 9.07. The van der Waals surface area contributed by atoms with Crippen LogP contribution in [0.1, 0.15) is 32.1 Å². The van der Waals surface area contributed by atoms with Crippen molar-refractivity contribution in [3.63, 3.8) is 0 Å². The van der Waals surface area contributed by atoms with Gasteiger partial charge in [-0.15, -0.1) is 18.4 Å². The third-order valence-electron chi connectivity index (χ3n) is 1.49. The molecule has 0 aliphatic heterocycles. The van der Waals surface area contributed by atoms with Crippen LogP contribution >= 0.6 is 11.8 Å². The Morgan fingerprint density at radius 3 is 2.50 bits per heavy atom. The molecule has 0 amide bonds. The maximum Gasteiger partial charge on any atom is 0.00965 e. The molecular formula is C11H18S. The second-order valence-electron chi connectivity index (χ2n) is 2.63. The fourth-order valence-corrected chi connectivity index (χ4v) is 1.25. The molecule has 0 aromatic carbocycles. The second kappa shape index (κ2) is 10.7. The van der Waals surface area contributed by atoms with Crippen LogP contribution in [0.25, 0.3) is 0 Å². The maximum atomic E-state index is 3.67. The molecule has 0 rings (SSSR count). The van der Waals surface area contributed by atoms with Gasteiger partial charge >= 0.3 is 0 Å². The molecule has 0 N–H and O–H groups in total. The number of rotatable bonds is 6. The molecule has 0 aromatic heterocycles. The van der Waals surface area contributed by atoms with Gasteiger partial charge in [0.25, 0.3) is 0 Å². The Morgan fingerprint density at radius 1 is 1.25 bits per heavy atom. The molecule has 0 aliphatic rings. The highest BCUT2D eigenvalue weighted by Crippen LogP contribution is 1.98. The molecule has 0 saturated carbocycles. The van der Waals surface area contributed by atoms with E-state index in [1.54, 1.807) is 0 Å². The lowest BCUT2D eigenvalue weighted by atomic mass is 10.2. The first-order chi connectivity index (χ1) is 5.91. The van der Waals surface area contributed by atoms with Crippen LogP contribution < -0.4 is 0 Å². The monoisotopic (exact) mass is 182 g/mol. The van der Waals surface area contributed by atoms with E-state index in [1.165, 1.54) is 18.6 Å². The van der Waals surface area contributed by atoms with Gasteiger partial charge in [-0.3, -0.25) is 0 Å². The standard InChI is InChI=1S/C11H18S/c1-3-4-5-6-7-8-9-10-11-12-2/h3H,1,4-6,9-11H2,2H3. The molecule has 0 nitrogen and oxygen atoms in total. The number of hydrogen-bond acceptors (Lipinski definition) is 1. The van der Waals surface area contributed by atoms with Gasteiger partial charge in [-0.05, 0) is 31.3 Å². The van der Waals surface area contributed by atoms with Crippen molar-refractivity contribution < 1.29 is 0 Å². The van der Waals surface area contributed by atoms with E-state index < -0.39 is 0 Å². The van der Waals surface area contributed by atoms with Gasteiger partial charge < -0.3 is 0 Å². The zero-order valence-corrected chi connectivity index (χ0v) is 8.75. The highest BCUT2D eigenvalue weighted by Gasteiger charge is 1.81. The first-order valence-electron chi connectivity index (χ1n) is 4.47. The van der Waals surface area contributed by atoms with E-state index in [1.807, 2.05) is 17.8 Å². The Hall–Kier alpha value is -0.350. The van der Waals surface area contributed by atoms with E-state index in [4.69, 9.17) is 0 Å². The predicted molar refractivity (Wildman–Crippen MR) is 59.4 cm³/mol. The van der Waals surface area contributed by atoms with Crippen molar-refractivity contribution in [2.45, 2.75) is 32.1 Å². The van der Waals surface area contributed by atoms with Crippen molar-refractivity contribution in [3.05, 3.63) is 12.7 Å². The molecule has 68 valence electrons. The lowest BCUT2D eigenvalue weighted by Gasteiger charge is -1.89. The fourth-order valence-electron chi connectivity index (χ4n) is 0.816. The summed E-state index contributed by atoms with van der Waals surface area (Å²) in [5.74, 6) is 7.59. The first-order valence-corrected chi connectivity index (χ1v) is 5.86. The Morgan fingerprint density at radius 2 is 1.92 bits per heavy atom. The van der Waals surface area contributed by atoms with Gasteiger partial charge in [-0.2, -0.15) is 11.8 Å². The Labute approximate surface area is 80.8 Å². The highest BCUT2D eigenvalue weighted by molar-refractivity contribution is 7.98. The number of thioether (sulfide) groups is 1. The summed E-state index contributed by atoms with van der Waals surface area (Å²) in [6, 6.07) is 0. The number of hydrogen-bond donors (Lipinski definition) is 0. The van der Waals surface area contributed by atoms with Crippen LogP contribution in [0.15, 0.2) is 12.7 Å². The lowest BCUT2D eigenvalue weighted by molar-refractivity contribution is 0.884. The summed E-state index contributed by atoms with van der Waals surface area (Å²) in [7, 11) is 0. The van der Waals surface area contributed by atoms with Crippen LogP contribution in [-0.4, -0.2) is 12.0 Å². The molecule has 1 heteroatoms. The molecule has 0 spiro atoms. The van der Waals surface area contributed by atoms with Gasteiger partial charge in [0.15, 0.2) is 0 Å². The van der Waals surface area contributed by atoms with Crippen LogP contribution in [0.3, 0.4) is 0 Å². The summed E-state index contributed by atoms with van der Waals surface area (Å²) >= 11 is 1.89. The van der Waals surface area contributed by atoms with E-state index in [0.717, 1.165) is 19.3 Å². The molecule has 0 heterocycles. The molecule has 12 heavy (non-hydrogen) atoms. The first kappa shape index (κ1) is 11.6. The average molecular weight is 182 g/mol. The molecule has 0 atom stereocenters. The van der Waals surface area contributed by atoms with Crippen LogP contribution in [0.2, 0.25) is 0 Å². The van der Waals surface area contributed by atoms with E-state index in [9.17, 15) is 0 Å². The smallest absolute Gasteiger partial charge is 0.00965 e. The highest BCUT2D eigenvalue weighted by atomic mass is 32.2. The van der Waals surface area contributed by atoms with E-state index in [2.05, 4.69) is 24.7 Å². The number of unbranched alkanes of at least 4 members (excludes halogenated alkanes) is 3. The predicted octanol–water partition coefficient (Wildman–Crippen LogP) is 3.49. The topological polar surface area (TPSA) is 0 Å². The summed E-state index contributed by atoms with van der Waals surface area (Å²) in [6.07, 6.45) is 9.68. The van der Waals surface area contributed by atoms with Crippen molar-refractivity contribution in [1.29, 1.82) is 0 Å². The summed E-state index contributed by atoms with van der Waals surface area (Å²) < 4.78 is 0. The minimum atomic E-state index is 1.03. The normalized spacial score (nSPS) is 8.75. The summed E-state index contributed by atoms with van der Waals surface area (Å²) in [4.78, 5) is 0. The van der Waals surface area contributed by atoms with Crippen molar-refractivity contribution in [2.75, 3.05) is 12.0 Å². The van der Waals surface area contributed by atoms with Gasteiger partial charge in [0.1, 0.15) is 0 Å².